The molecule has 0 aliphatic heterocycles. The molecule has 0 radical (unpaired) electrons. The van der Waals surface area contributed by atoms with E-state index >= 15 is 0 Å². The molecule has 0 heterocycles. The van der Waals surface area contributed by atoms with Crippen LogP contribution in [0.25, 0.3) is 0 Å². The Balaban J connectivity index is 0.00000196. The van der Waals surface area contributed by atoms with Crippen LogP contribution in [0.3, 0.4) is 0 Å². The van der Waals surface area contributed by atoms with Crippen LogP contribution < -0.4 is 4.90 Å². The van der Waals surface area contributed by atoms with E-state index in [2.05, 4.69) is 0 Å². The Kier molecular flexibility index (Phi) is 4.53. The van der Waals surface area contributed by atoms with Gasteiger partial charge in [-0.15, -0.1) is 12.4 Å². The number of nitro groups is 1. The molecule has 1 N–H and O–H groups in total. The first-order valence-corrected chi connectivity index (χ1v) is 3.74. The van der Waals surface area contributed by atoms with Gasteiger partial charge in [-0.1, -0.05) is 12.1 Å². The maximum absolute atomic E-state index is 10.6. The first-order chi connectivity index (χ1) is 6.54. The van der Waals surface area contributed by atoms with Gasteiger partial charge in [-0.25, -0.2) is 4.79 Å². The number of nitrogens with zero attached hydrogens (tertiary/aromatic N) is 2. The maximum Gasteiger partial charge on any atom is 0.411 e. The molecule has 1 aromatic carbocycles. The maximum atomic E-state index is 10.6. The van der Waals surface area contributed by atoms with Crippen LogP contribution >= 0.6 is 12.4 Å². The fourth-order valence-corrected chi connectivity index (χ4v) is 1.01. The van der Waals surface area contributed by atoms with Gasteiger partial charge in [0.15, 0.2) is 0 Å². The zero-order valence-corrected chi connectivity index (χ0v) is 8.60. The molecule has 0 atom stereocenters. The Labute approximate surface area is 91.7 Å². The standard InChI is InChI=1S/C8H8N2O4.ClH/c1-9(8(11)12)6-4-2-3-5-7(6)10(13)14;/h2-5H,1H3,(H,11,12);1H. The zero-order chi connectivity index (χ0) is 10.7. The predicted molar refractivity (Wildman–Crippen MR) is 56.8 cm³/mol. The number of amides is 1. The summed E-state index contributed by atoms with van der Waals surface area (Å²) in [5.74, 6) is 0. The van der Waals surface area contributed by atoms with Gasteiger partial charge >= 0.3 is 6.09 Å². The van der Waals surface area contributed by atoms with E-state index in [0.717, 1.165) is 4.90 Å². The first-order valence-electron chi connectivity index (χ1n) is 3.74. The summed E-state index contributed by atoms with van der Waals surface area (Å²) in [5, 5.41) is 19.2. The highest BCUT2D eigenvalue weighted by molar-refractivity contribution is 5.88. The van der Waals surface area contributed by atoms with Gasteiger partial charge in [0.05, 0.1) is 4.92 Å². The molecule has 1 amide bonds. The molecule has 7 heteroatoms. The number of para-hydroxylation sites is 2. The lowest BCUT2D eigenvalue weighted by Crippen LogP contribution is -2.24. The van der Waals surface area contributed by atoms with Crippen molar-refractivity contribution in [3.63, 3.8) is 0 Å². The van der Waals surface area contributed by atoms with Crippen molar-refractivity contribution < 1.29 is 14.8 Å². The highest BCUT2D eigenvalue weighted by Gasteiger charge is 2.19. The summed E-state index contributed by atoms with van der Waals surface area (Å²) < 4.78 is 0. The second-order valence-corrected chi connectivity index (χ2v) is 2.59. The lowest BCUT2D eigenvalue weighted by Gasteiger charge is -2.12. The Morgan fingerprint density at radius 3 is 2.47 bits per heavy atom. The summed E-state index contributed by atoms with van der Waals surface area (Å²) in [6.07, 6.45) is -1.24. The Morgan fingerprint density at radius 2 is 2.00 bits per heavy atom. The molecule has 0 aliphatic rings. The minimum absolute atomic E-state index is 0. The van der Waals surface area contributed by atoms with Crippen molar-refractivity contribution in [3.05, 3.63) is 34.4 Å². The number of hydrogen-bond acceptors (Lipinski definition) is 3. The summed E-state index contributed by atoms with van der Waals surface area (Å²) in [6.45, 7) is 0. The van der Waals surface area contributed by atoms with E-state index in [1.165, 1.54) is 25.2 Å². The van der Waals surface area contributed by atoms with Crippen molar-refractivity contribution in [2.75, 3.05) is 11.9 Å². The Bertz CT molecular complexity index is 383. The lowest BCUT2D eigenvalue weighted by molar-refractivity contribution is -0.384. The molecule has 6 nitrogen and oxygen atoms in total. The van der Waals surface area contributed by atoms with Crippen LogP contribution in [0.1, 0.15) is 0 Å². The van der Waals surface area contributed by atoms with E-state index in [9.17, 15) is 14.9 Å². The largest absolute Gasteiger partial charge is 0.465 e. The van der Waals surface area contributed by atoms with Crippen LogP contribution in [-0.4, -0.2) is 23.2 Å². The van der Waals surface area contributed by atoms with Crippen molar-refractivity contribution in [1.82, 2.24) is 0 Å². The van der Waals surface area contributed by atoms with Crippen LogP contribution in [0.15, 0.2) is 24.3 Å². The van der Waals surface area contributed by atoms with E-state index in [1.54, 1.807) is 6.07 Å². The van der Waals surface area contributed by atoms with Gasteiger partial charge in [-0.05, 0) is 6.07 Å². The molecule has 0 fully saturated rings. The molecule has 0 aromatic heterocycles. The summed E-state index contributed by atoms with van der Waals surface area (Å²) >= 11 is 0. The van der Waals surface area contributed by atoms with E-state index in [4.69, 9.17) is 5.11 Å². The molecular formula is C8H9ClN2O4. The monoisotopic (exact) mass is 232 g/mol. The smallest absolute Gasteiger partial charge is 0.411 e. The molecule has 1 rings (SSSR count). The molecule has 0 aliphatic carbocycles. The third kappa shape index (κ3) is 2.81. The van der Waals surface area contributed by atoms with Gasteiger partial charge in [-0.3, -0.25) is 15.0 Å². The predicted octanol–water partition coefficient (Wildman–Crippen LogP) is 2.13. The number of benzene rings is 1. The minimum Gasteiger partial charge on any atom is -0.465 e. The highest BCUT2D eigenvalue weighted by Crippen LogP contribution is 2.26. The Morgan fingerprint density at radius 1 is 1.47 bits per heavy atom. The second-order valence-electron chi connectivity index (χ2n) is 2.59. The van der Waals surface area contributed by atoms with Crippen molar-refractivity contribution in [2.24, 2.45) is 0 Å². The van der Waals surface area contributed by atoms with Crippen molar-refractivity contribution >= 4 is 29.9 Å². The van der Waals surface area contributed by atoms with Crippen molar-refractivity contribution in [3.8, 4) is 0 Å². The van der Waals surface area contributed by atoms with Gasteiger partial charge in [0, 0.05) is 13.1 Å². The zero-order valence-electron chi connectivity index (χ0n) is 7.78. The van der Waals surface area contributed by atoms with Gasteiger partial charge < -0.3 is 5.11 Å². The summed E-state index contributed by atoms with van der Waals surface area (Å²) in [5.41, 5.74) is -0.164. The third-order valence-corrected chi connectivity index (χ3v) is 1.73. The third-order valence-electron chi connectivity index (χ3n) is 1.73. The number of rotatable bonds is 2. The summed E-state index contributed by atoms with van der Waals surface area (Å²) in [6, 6.07) is 5.67. The molecule has 82 valence electrons. The SMILES string of the molecule is CN(C(=O)O)c1ccccc1[N+](=O)[O-].Cl. The fourth-order valence-electron chi connectivity index (χ4n) is 1.01. The van der Waals surface area contributed by atoms with Gasteiger partial charge in [0.1, 0.15) is 5.69 Å². The number of carbonyl (C=O) groups is 1. The van der Waals surface area contributed by atoms with Crippen LogP contribution in [0.4, 0.5) is 16.2 Å². The summed E-state index contributed by atoms with van der Waals surface area (Å²) in [7, 11) is 1.25. The average Bonchev–Trinajstić information content (AvgIpc) is 2.16. The number of halogens is 1. The van der Waals surface area contributed by atoms with Gasteiger partial charge in [0.2, 0.25) is 0 Å². The molecule has 1 aromatic rings. The fraction of sp³-hybridized carbons (Fsp3) is 0.125. The average molecular weight is 233 g/mol. The van der Waals surface area contributed by atoms with Crippen LogP contribution in [0.5, 0.6) is 0 Å². The normalized spacial score (nSPS) is 8.87. The molecule has 0 bridgehead atoms. The van der Waals surface area contributed by atoms with Crippen LogP contribution in [0, 0.1) is 10.1 Å². The van der Waals surface area contributed by atoms with Gasteiger partial charge in [0.25, 0.3) is 5.69 Å². The van der Waals surface area contributed by atoms with Crippen LogP contribution in [-0.2, 0) is 0 Å². The van der Waals surface area contributed by atoms with Gasteiger partial charge in [-0.2, -0.15) is 0 Å². The topological polar surface area (TPSA) is 83.7 Å². The first kappa shape index (κ1) is 13.2. The Hall–Kier alpha value is -1.82. The second kappa shape index (κ2) is 5.16. The molecule has 0 saturated carbocycles. The van der Waals surface area contributed by atoms with E-state index < -0.39 is 11.0 Å². The number of nitro benzene ring substituents is 1. The van der Waals surface area contributed by atoms with Crippen LogP contribution in [0.2, 0.25) is 0 Å². The number of anilines is 1. The van der Waals surface area contributed by atoms with E-state index in [0.29, 0.717) is 0 Å². The van der Waals surface area contributed by atoms with E-state index in [1.807, 2.05) is 0 Å². The van der Waals surface area contributed by atoms with Crippen molar-refractivity contribution in [1.29, 1.82) is 0 Å². The molecule has 15 heavy (non-hydrogen) atoms. The lowest BCUT2D eigenvalue weighted by atomic mass is 10.2. The van der Waals surface area contributed by atoms with Crippen molar-refractivity contribution in [2.45, 2.75) is 0 Å². The number of carboxylic acid groups (broad SMARTS) is 1. The quantitative estimate of drug-likeness (QED) is 0.625. The molecular weight excluding hydrogens is 224 g/mol. The molecule has 0 unspecified atom stereocenters. The molecule has 0 saturated heterocycles. The summed E-state index contributed by atoms with van der Waals surface area (Å²) in [4.78, 5) is 21.3. The highest BCUT2D eigenvalue weighted by atomic mass is 35.5. The minimum atomic E-state index is -1.24. The number of hydrogen-bond donors (Lipinski definition) is 1. The molecule has 0 spiro atoms. The van der Waals surface area contributed by atoms with E-state index in [-0.39, 0.29) is 23.8 Å².